The van der Waals surface area contributed by atoms with Gasteiger partial charge < -0.3 is 15.4 Å². The third-order valence-corrected chi connectivity index (χ3v) is 3.29. The maximum atomic E-state index is 11.9. The Morgan fingerprint density at radius 1 is 1.35 bits per heavy atom. The number of ether oxygens (including phenoxy) is 1. The Bertz CT molecular complexity index is 727. The van der Waals surface area contributed by atoms with Crippen LogP contribution < -0.4 is 20.9 Å². The van der Waals surface area contributed by atoms with Gasteiger partial charge in [-0.15, -0.1) is 0 Å². The van der Waals surface area contributed by atoms with E-state index in [2.05, 4.69) is 15.6 Å². The summed E-state index contributed by atoms with van der Waals surface area (Å²) in [4.78, 5) is 27.9. The number of benzene rings is 1. The normalized spacial score (nSPS) is 10.2. The van der Waals surface area contributed by atoms with Gasteiger partial charge in [-0.2, -0.15) is 0 Å². The molecule has 1 aromatic carbocycles. The van der Waals surface area contributed by atoms with E-state index in [1.165, 1.54) is 24.1 Å². The predicted octanol–water partition coefficient (Wildman–Crippen LogP) is 1.64. The van der Waals surface area contributed by atoms with Crippen LogP contribution in [0.4, 0.5) is 10.5 Å². The number of urea groups is 1. The first-order valence-corrected chi connectivity index (χ1v) is 7.37. The van der Waals surface area contributed by atoms with Gasteiger partial charge in [0.2, 0.25) is 0 Å². The molecule has 7 nitrogen and oxygen atoms in total. The van der Waals surface area contributed by atoms with Crippen LogP contribution in [0, 0.1) is 0 Å². The number of nitrogens with one attached hydrogen (secondary N) is 2. The second kappa shape index (κ2) is 7.98. The smallest absolute Gasteiger partial charge is 0.319 e. The minimum Gasteiger partial charge on any atom is -0.495 e. The van der Waals surface area contributed by atoms with E-state index >= 15 is 0 Å². The number of amides is 2. The average molecular weight is 316 g/mol. The number of anilines is 1. The van der Waals surface area contributed by atoms with Gasteiger partial charge in [-0.05, 0) is 18.6 Å². The lowest BCUT2D eigenvalue weighted by atomic mass is 10.3. The van der Waals surface area contributed by atoms with Crippen molar-refractivity contribution in [3.8, 4) is 5.75 Å². The summed E-state index contributed by atoms with van der Waals surface area (Å²) in [5.41, 5.74) is 1.22. The molecule has 0 fully saturated rings. The van der Waals surface area contributed by atoms with Crippen LogP contribution in [0.15, 0.2) is 41.5 Å². The highest BCUT2D eigenvalue weighted by molar-refractivity contribution is 5.90. The highest BCUT2D eigenvalue weighted by Gasteiger charge is 2.06. The van der Waals surface area contributed by atoms with Gasteiger partial charge in [0, 0.05) is 24.8 Å². The van der Waals surface area contributed by atoms with Crippen LogP contribution in [-0.4, -0.2) is 29.2 Å². The first-order chi connectivity index (χ1) is 11.1. The number of methoxy groups -OCH3 is 1. The van der Waals surface area contributed by atoms with E-state index < -0.39 is 0 Å². The van der Waals surface area contributed by atoms with Crippen LogP contribution in [0.2, 0.25) is 0 Å². The van der Waals surface area contributed by atoms with Crippen LogP contribution in [0.3, 0.4) is 0 Å². The van der Waals surface area contributed by atoms with Crippen molar-refractivity contribution in [2.75, 3.05) is 19.0 Å². The van der Waals surface area contributed by atoms with Gasteiger partial charge >= 0.3 is 6.03 Å². The van der Waals surface area contributed by atoms with Crippen LogP contribution >= 0.6 is 0 Å². The standard InChI is InChI=1S/C16H20N4O3/c1-3-12-10-15(21)20(11-18-12)9-8-17-16(22)19-13-6-4-5-7-14(13)23-2/h4-7,10-11H,3,8-9H2,1-2H3,(H2,17,19,22). The number of nitrogens with zero attached hydrogens (tertiary/aromatic N) is 2. The van der Waals surface area contributed by atoms with E-state index in [9.17, 15) is 9.59 Å². The number of carbonyl (C=O) groups excluding carboxylic acids is 1. The molecule has 2 rings (SSSR count). The number of carbonyl (C=O) groups is 1. The van der Waals surface area contributed by atoms with E-state index in [1.807, 2.05) is 13.0 Å². The minimum atomic E-state index is -0.360. The highest BCUT2D eigenvalue weighted by Crippen LogP contribution is 2.22. The van der Waals surface area contributed by atoms with E-state index in [4.69, 9.17) is 4.74 Å². The summed E-state index contributed by atoms with van der Waals surface area (Å²) >= 11 is 0. The van der Waals surface area contributed by atoms with Gasteiger partial charge in [-0.25, -0.2) is 9.78 Å². The molecule has 0 aliphatic heterocycles. The molecule has 1 aromatic heterocycles. The van der Waals surface area contributed by atoms with Crippen molar-refractivity contribution in [2.45, 2.75) is 19.9 Å². The number of para-hydroxylation sites is 2. The summed E-state index contributed by atoms with van der Waals surface area (Å²) in [5.74, 6) is 0.582. The second-order valence-corrected chi connectivity index (χ2v) is 4.85. The molecule has 2 amide bonds. The monoisotopic (exact) mass is 316 g/mol. The predicted molar refractivity (Wildman–Crippen MR) is 87.9 cm³/mol. The number of aromatic nitrogens is 2. The molecule has 7 heteroatoms. The summed E-state index contributed by atoms with van der Waals surface area (Å²) in [6.07, 6.45) is 2.22. The molecule has 1 heterocycles. The van der Waals surface area contributed by atoms with Gasteiger partial charge in [0.25, 0.3) is 5.56 Å². The fourth-order valence-corrected chi connectivity index (χ4v) is 2.03. The molecule has 0 radical (unpaired) electrons. The Morgan fingerprint density at radius 3 is 2.83 bits per heavy atom. The summed E-state index contributed by atoms with van der Waals surface area (Å²) in [7, 11) is 1.54. The number of rotatable bonds is 6. The second-order valence-electron chi connectivity index (χ2n) is 4.85. The van der Waals surface area contributed by atoms with Crippen molar-refractivity contribution >= 4 is 11.7 Å². The van der Waals surface area contributed by atoms with Gasteiger partial charge in [0.1, 0.15) is 5.75 Å². The van der Waals surface area contributed by atoms with Crippen molar-refractivity contribution in [3.05, 3.63) is 52.7 Å². The Hall–Kier alpha value is -2.83. The molecule has 0 unspecified atom stereocenters. The molecule has 0 saturated heterocycles. The molecule has 23 heavy (non-hydrogen) atoms. The molecule has 0 bridgehead atoms. The largest absolute Gasteiger partial charge is 0.495 e. The molecule has 122 valence electrons. The molecule has 0 aliphatic rings. The fraction of sp³-hybridized carbons (Fsp3) is 0.312. The molecule has 0 aliphatic carbocycles. The van der Waals surface area contributed by atoms with Crippen LogP contribution in [0.1, 0.15) is 12.6 Å². The first kappa shape index (κ1) is 16.5. The Labute approximate surface area is 134 Å². The molecule has 0 saturated carbocycles. The Kier molecular flexibility index (Phi) is 5.74. The maximum absolute atomic E-state index is 11.9. The molecular weight excluding hydrogens is 296 g/mol. The van der Waals surface area contributed by atoms with Crippen molar-refractivity contribution < 1.29 is 9.53 Å². The van der Waals surface area contributed by atoms with Crippen LogP contribution in [0.25, 0.3) is 0 Å². The number of aryl methyl sites for hydroxylation is 1. The zero-order valence-corrected chi connectivity index (χ0v) is 13.2. The van der Waals surface area contributed by atoms with E-state index in [1.54, 1.807) is 18.2 Å². The van der Waals surface area contributed by atoms with Gasteiger partial charge in [-0.3, -0.25) is 9.36 Å². The lowest BCUT2D eigenvalue weighted by molar-refractivity contribution is 0.251. The lowest BCUT2D eigenvalue weighted by Crippen LogP contribution is -2.33. The van der Waals surface area contributed by atoms with Crippen molar-refractivity contribution in [3.63, 3.8) is 0 Å². The maximum Gasteiger partial charge on any atom is 0.319 e. The third kappa shape index (κ3) is 4.57. The summed E-state index contributed by atoms with van der Waals surface area (Å²) in [6, 6.07) is 8.28. The topological polar surface area (TPSA) is 85.2 Å². The van der Waals surface area contributed by atoms with E-state index in [-0.39, 0.29) is 11.6 Å². The zero-order valence-electron chi connectivity index (χ0n) is 13.2. The van der Waals surface area contributed by atoms with Crippen molar-refractivity contribution in [1.82, 2.24) is 14.9 Å². The van der Waals surface area contributed by atoms with E-state index in [0.717, 1.165) is 12.1 Å². The number of hydrogen-bond acceptors (Lipinski definition) is 4. The highest BCUT2D eigenvalue weighted by atomic mass is 16.5. The van der Waals surface area contributed by atoms with Crippen LogP contribution in [0.5, 0.6) is 5.75 Å². The summed E-state index contributed by atoms with van der Waals surface area (Å²) in [6.45, 7) is 2.61. The minimum absolute atomic E-state index is 0.121. The quantitative estimate of drug-likeness (QED) is 0.848. The third-order valence-electron chi connectivity index (χ3n) is 3.29. The molecule has 0 spiro atoms. The van der Waals surface area contributed by atoms with Gasteiger partial charge in [0.15, 0.2) is 0 Å². The summed E-state index contributed by atoms with van der Waals surface area (Å²) in [5, 5.41) is 5.40. The van der Waals surface area contributed by atoms with E-state index in [0.29, 0.717) is 24.5 Å². The SMILES string of the molecule is CCc1cc(=O)n(CCNC(=O)Nc2ccccc2OC)cn1. The molecule has 2 aromatic rings. The number of hydrogen-bond donors (Lipinski definition) is 2. The zero-order chi connectivity index (χ0) is 16.7. The first-order valence-electron chi connectivity index (χ1n) is 7.37. The lowest BCUT2D eigenvalue weighted by Gasteiger charge is -2.11. The Morgan fingerprint density at radius 2 is 2.13 bits per heavy atom. The van der Waals surface area contributed by atoms with Crippen molar-refractivity contribution in [1.29, 1.82) is 0 Å². The molecular formula is C16H20N4O3. The fourth-order valence-electron chi connectivity index (χ4n) is 2.03. The van der Waals surface area contributed by atoms with Gasteiger partial charge in [0.05, 0.1) is 19.1 Å². The average Bonchev–Trinajstić information content (AvgIpc) is 2.56. The van der Waals surface area contributed by atoms with Crippen molar-refractivity contribution in [2.24, 2.45) is 0 Å². The van der Waals surface area contributed by atoms with Gasteiger partial charge in [-0.1, -0.05) is 19.1 Å². The molecule has 2 N–H and O–H groups in total. The Balaban J connectivity index is 1.86. The summed E-state index contributed by atoms with van der Waals surface area (Å²) < 4.78 is 6.62. The molecule has 0 atom stereocenters. The van der Waals surface area contributed by atoms with Crippen LogP contribution in [-0.2, 0) is 13.0 Å².